The predicted octanol–water partition coefficient (Wildman–Crippen LogP) is 5.44. The average Bonchev–Trinajstić information content (AvgIpc) is 2.48. The van der Waals surface area contributed by atoms with Crippen LogP contribution < -0.4 is 4.74 Å². The Labute approximate surface area is 138 Å². The van der Waals surface area contributed by atoms with E-state index < -0.39 is 5.82 Å². The number of hydrogen-bond donors (Lipinski definition) is 0. The maximum absolute atomic E-state index is 13.8. The highest BCUT2D eigenvalue weighted by Crippen LogP contribution is 2.29. The van der Waals surface area contributed by atoms with Crippen LogP contribution in [0.2, 0.25) is 0 Å². The van der Waals surface area contributed by atoms with E-state index in [-0.39, 0.29) is 11.7 Å². The summed E-state index contributed by atoms with van der Waals surface area (Å²) < 4.78 is 20.2. The third kappa shape index (κ3) is 3.96. The van der Waals surface area contributed by atoms with E-state index in [4.69, 9.17) is 4.74 Å². The Bertz CT molecular complexity index is 747. The van der Waals surface area contributed by atoms with Crippen molar-refractivity contribution in [2.45, 2.75) is 20.0 Å². The molecule has 2 aromatic carbocycles. The fraction of sp³-hybridized carbons (Fsp3) is 0.167. The summed E-state index contributed by atoms with van der Waals surface area (Å²) in [5.41, 5.74) is 1.37. The lowest BCUT2D eigenvalue weighted by Crippen LogP contribution is -2.05. The van der Waals surface area contributed by atoms with E-state index in [1.54, 1.807) is 24.3 Å². The van der Waals surface area contributed by atoms with Crippen molar-refractivity contribution in [2.75, 3.05) is 0 Å². The van der Waals surface area contributed by atoms with Crippen LogP contribution in [0.15, 0.2) is 46.9 Å². The molecule has 0 saturated heterocycles. The maximum atomic E-state index is 13.8. The Hall–Kier alpha value is -2.12. The van der Waals surface area contributed by atoms with Gasteiger partial charge < -0.3 is 4.74 Å². The molecule has 0 heterocycles. The van der Waals surface area contributed by atoms with E-state index in [0.717, 1.165) is 15.8 Å². The highest BCUT2D eigenvalue weighted by atomic mass is 79.9. The lowest BCUT2D eigenvalue weighted by molar-refractivity contribution is 0.241. The lowest BCUT2D eigenvalue weighted by atomic mass is 10.0. The Balaban J connectivity index is 2.37. The van der Waals surface area contributed by atoms with Gasteiger partial charge in [0.1, 0.15) is 11.6 Å². The van der Waals surface area contributed by atoms with Gasteiger partial charge in [0.05, 0.1) is 22.2 Å². The monoisotopic (exact) mass is 359 g/mol. The van der Waals surface area contributed by atoms with E-state index in [1.165, 1.54) is 6.07 Å². The van der Waals surface area contributed by atoms with E-state index >= 15 is 0 Å². The Morgan fingerprint density at radius 1 is 1.27 bits per heavy atom. The summed E-state index contributed by atoms with van der Waals surface area (Å²) in [4.78, 5) is 0. The number of benzene rings is 2. The van der Waals surface area contributed by atoms with Crippen LogP contribution in [0, 0.1) is 17.1 Å². The first kappa shape index (κ1) is 16.3. The number of nitriles is 1. The van der Waals surface area contributed by atoms with Gasteiger partial charge >= 0.3 is 0 Å². The second kappa shape index (κ2) is 7.24. The fourth-order valence-electron chi connectivity index (χ4n) is 1.97. The molecular weight excluding hydrogens is 345 g/mol. The van der Waals surface area contributed by atoms with Gasteiger partial charge in [-0.05, 0) is 59.6 Å². The summed E-state index contributed by atoms with van der Waals surface area (Å²) >= 11 is 3.45. The molecule has 0 N–H and O–H groups in total. The molecule has 2 nitrogen and oxygen atoms in total. The molecular formula is C18H15BrFNO. The van der Waals surface area contributed by atoms with E-state index in [1.807, 2.05) is 38.1 Å². The van der Waals surface area contributed by atoms with Gasteiger partial charge in [-0.2, -0.15) is 5.26 Å². The van der Waals surface area contributed by atoms with Crippen molar-refractivity contribution in [3.8, 4) is 11.8 Å². The van der Waals surface area contributed by atoms with Crippen molar-refractivity contribution in [1.29, 1.82) is 5.26 Å². The molecule has 0 radical (unpaired) electrons. The van der Waals surface area contributed by atoms with Crippen molar-refractivity contribution in [1.82, 2.24) is 0 Å². The zero-order valence-corrected chi connectivity index (χ0v) is 13.9. The Morgan fingerprint density at radius 2 is 2.00 bits per heavy atom. The van der Waals surface area contributed by atoms with Crippen LogP contribution in [-0.4, -0.2) is 6.10 Å². The summed E-state index contributed by atoms with van der Waals surface area (Å²) in [5, 5.41) is 9.29. The van der Waals surface area contributed by atoms with Crippen LogP contribution in [0.1, 0.15) is 25.0 Å². The largest absolute Gasteiger partial charge is 0.490 e. The van der Waals surface area contributed by atoms with Crippen LogP contribution >= 0.6 is 15.9 Å². The van der Waals surface area contributed by atoms with Gasteiger partial charge in [0.15, 0.2) is 0 Å². The topological polar surface area (TPSA) is 33.0 Å². The summed E-state index contributed by atoms with van der Waals surface area (Å²) in [6.45, 7) is 3.90. The molecule has 0 unspecified atom stereocenters. The SMILES string of the molecule is CC(C)Oc1ccc(/C=C(/C#N)c2ccccc2F)cc1Br. The molecule has 0 aliphatic rings. The third-order valence-corrected chi connectivity index (χ3v) is 3.53. The summed E-state index contributed by atoms with van der Waals surface area (Å²) in [6.07, 6.45) is 1.73. The molecule has 0 bridgehead atoms. The molecule has 4 heteroatoms. The minimum absolute atomic E-state index is 0.0748. The number of nitrogens with zero attached hydrogens (tertiary/aromatic N) is 1. The van der Waals surface area contributed by atoms with Gasteiger partial charge in [-0.25, -0.2) is 4.39 Å². The predicted molar refractivity (Wildman–Crippen MR) is 89.8 cm³/mol. The van der Waals surface area contributed by atoms with Gasteiger partial charge in [0.2, 0.25) is 0 Å². The molecule has 0 saturated carbocycles. The zero-order valence-electron chi connectivity index (χ0n) is 12.3. The van der Waals surface area contributed by atoms with Gasteiger partial charge in [0, 0.05) is 5.56 Å². The second-order valence-corrected chi connectivity index (χ2v) is 5.86. The van der Waals surface area contributed by atoms with Crippen LogP contribution in [0.3, 0.4) is 0 Å². The lowest BCUT2D eigenvalue weighted by Gasteiger charge is -2.11. The van der Waals surface area contributed by atoms with Gasteiger partial charge in [-0.15, -0.1) is 0 Å². The Kier molecular flexibility index (Phi) is 5.35. The van der Waals surface area contributed by atoms with Gasteiger partial charge in [0.25, 0.3) is 0 Å². The number of halogens is 2. The maximum Gasteiger partial charge on any atom is 0.133 e. The number of hydrogen-bond acceptors (Lipinski definition) is 2. The minimum atomic E-state index is -0.408. The normalized spacial score (nSPS) is 11.4. The number of allylic oxidation sites excluding steroid dienone is 1. The molecule has 0 atom stereocenters. The van der Waals surface area contributed by atoms with E-state index in [9.17, 15) is 9.65 Å². The first-order valence-corrected chi connectivity index (χ1v) is 7.63. The summed E-state index contributed by atoms with van der Waals surface area (Å²) in [6, 6.07) is 13.8. The molecule has 22 heavy (non-hydrogen) atoms. The molecule has 2 aromatic rings. The summed E-state index contributed by atoms with van der Waals surface area (Å²) in [5.74, 6) is 0.325. The molecule has 0 spiro atoms. The zero-order chi connectivity index (χ0) is 16.1. The first-order valence-electron chi connectivity index (χ1n) is 6.84. The molecule has 0 aromatic heterocycles. The van der Waals surface area contributed by atoms with Crippen molar-refractivity contribution >= 4 is 27.6 Å². The molecule has 2 rings (SSSR count). The third-order valence-electron chi connectivity index (χ3n) is 2.91. The van der Waals surface area contributed by atoms with Crippen LogP contribution in [0.4, 0.5) is 4.39 Å². The summed E-state index contributed by atoms with van der Waals surface area (Å²) in [7, 11) is 0. The van der Waals surface area contributed by atoms with E-state index in [0.29, 0.717) is 5.56 Å². The Morgan fingerprint density at radius 3 is 2.59 bits per heavy atom. The van der Waals surface area contributed by atoms with Crippen molar-refractivity contribution in [3.63, 3.8) is 0 Å². The first-order chi connectivity index (χ1) is 10.5. The average molecular weight is 360 g/mol. The van der Waals surface area contributed by atoms with Crippen molar-refractivity contribution in [3.05, 3.63) is 63.9 Å². The molecule has 0 aliphatic carbocycles. The molecule has 112 valence electrons. The number of ether oxygens (including phenoxy) is 1. The quantitative estimate of drug-likeness (QED) is 0.537. The fourth-order valence-corrected chi connectivity index (χ4v) is 2.46. The van der Waals surface area contributed by atoms with Gasteiger partial charge in [-0.1, -0.05) is 24.3 Å². The highest BCUT2D eigenvalue weighted by Gasteiger charge is 2.08. The number of rotatable bonds is 4. The smallest absolute Gasteiger partial charge is 0.133 e. The second-order valence-electron chi connectivity index (χ2n) is 5.01. The minimum Gasteiger partial charge on any atom is -0.490 e. The molecule has 0 amide bonds. The van der Waals surface area contributed by atoms with Crippen molar-refractivity contribution < 1.29 is 9.13 Å². The van der Waals surface area contributed by atoms with E-state index in [2.05, 4.69) is 15.9 Å². The van der Waals surface area contributed by atoms with Crippen LogP contribution in [0.25, 0.3) is 11.6 Å². The van der Waals surface area contributed by atoms with Crippen LogP contribution in [-0.2, 0) is 0 Å². The standard InChI is InChI=1S/C18H15BrFNO/c1-12(2)22-18-8-7-13(10-16(18)19)9-14(11-21)15-5-3-4-6-17(15)20/h3-10,12H,1-2H3/b14-9-. The molecule has 0 aliphatic heterocycles. The molecule has 0 fully saturated rings. The van der Waals surface area contributed by atoms with Crippen LogP contribution in [0.5, 0.6) is 5.75 Å². The highest BCUT2D eigenvalue weighted by molar-refractivity contribution is 9.10. The van der Waals surface area contributed by atoms with Gasteiger partial charge in [-0.3, -0.25) is 0 Å². The van der Waals surface area contributed by atoms with Crippen molar-refractivity contribution in [2.24, 2.45) is 0 Å².